The van der Waals surface area contributed by atoms with Crippen LogP contribution in [-0.4, -0.2) is 0 Å². The van der Waals surface area contributed by atoms with E-state index in [1.54, 1.807) is 0 Å². The Morgan fingerprint density at radius 2 is 2.00 bits per heavy atom. The molecule has 1 rings (SSSR count). The van der Waals surface area contributed by atoms with Crippen LogP contribution in [-0.2, 0) is 0 Å². The van der Waals surface area contributed by atoms with Crippen molar-refractivity contribution in [3.63, 3.8) is 0 Å². The van der Waals surface area contributed by atoms with E-state index in [4.69, 9.17) is 0 Å². The largest absolute Gasteiger partial charge is 0.340 e. The second-order valence-electron chi connectivity index (χ2n) is 0.371. The molecule has 1 nitrogen and oxygen atoms in total. The van der Waals surface area contributed by atoms with Crippen LogP contribution in [0.25, 0.3) is 0 Å². The lowest BCUT2D eigenvalue weighted by Gasteiger charge is -1.56. The molecule has 0 aliphatic rings. The van der Waals surface area contributed by atoms with Crippen molar-refractivity contribution in [2.24, 2.45) is 0 Å². The molecule has 0 fully saturated rings. The van der Waals surface area contributed by atoms with Gasteiger partial charge < -0.3 is 3.85 Å². The zero-order chi connectivity index (χ0) is 2.83. The van der Waals surface area contributed by atoms with Crippen molar-refractivity contribution < 1.29 is 3.85 Å². The smallest absolute Gasteiger partial charge is 0.154 e. The quantitative estimate of drug-likeness (QED) is 0.444. The fourth-order valence-corrected chi connectivity index (χ4v) is 0.125. The number of rotatable bonds is 0. The maximum Gasteiger partial charge on any atom is 0.154 e. The van der Waals surface area contributed by atoms with Crippen LogP contribution < -0.4 is 0 Å². The van der Waals surface area contributed by atoms with E-state index in [-0.39, 0.29) is 0 Å². The molecule has 0 amide bonds. The minimum absolute atomic E-state index is 1.18. The lowest BCUT2D eigenvalue weighted by Crippen LogP contribution is -1.29. The third kappa shape index (κ3) is 0.0415. The van der Waals surface area contributed by atoms with Crippen molar-refractivity contribution in [2.75, 3.05) is 0 Å². The summed E-state index contributed by atoms with van der Waals surface area (Å²) in [6.07, 6.45) is 2.32. The predicted molar refractivity (Wildman–Crippen MR) is 14.3 cm³/mol. The van der Waals surface area contributed by atoms with Gasteiger partial charge in [0.15, 0.2) is 6.26 Å². The summed E-state index contributed by atoms with van der Waals surface area (Å²) in [6, 6.07) is 0. The molecule has 0 N–H and O–H groups in total. The average Bonchev–Trinajstić information content (AvgIpc) is 0.722. The Morgan fingerprint density at radius 3 is 2.00 bits per heavy atom. The molecule has 20 valence electrons. The third-order valence-electron chi connectivity index (χ3n) is 0.167. The van der Waals surface area contributed by atoms with Crippen LogP contribution in [0.3, 0.4) is 0 Å². The van der Waals surface area contributed by atoms with E-state index in [9.17, 15) is 0 Å². The number of hydrogen-bond acceptors (Lipinski definition) is 2. The van der Waals surface area contributed by atoms with Crippen LogP contribution in [0, 0.1) is 11.6 Å². The van der Waals surface area contributed by atoms with E-state index in [0.29, 0.717) is 0 Å². The van der Waals surface area contributed by atoms with Crippen LogP contribution in [0.5, 0.6) is 0 Å². The van der Waals surface area contributed by atoms with Crippen LogP contribution in [0.2, 0.25) is 0 Å². The normalized spacial score (nSPS) is 6.00. The van der Waals surface area contributed by atoms with Gasteiger partial charge in [-0.3, -0.25) is 0 Å². The Balaban J connectivity index is 3.00. The zero-order valence-electron chi connectivity index (χ0n) is 1.82. The van der Waals surface area contributed by atoms with Gasteiger partial charge in [0.1, 0.15) is 11.6 Å². The van der Waals surface area contributed by atoms with E-state index in [1.165, 1.54) is 11.6 Å². The molecule has 1 aromatic rings. The van der Waals surface area contributed by atoms with Gasteiger partial charge in [-0.25, -0.2) is 0 Å². The highest BCUT2D eigenvalue weighted by molar-refractivity contribution is 7.00. The monoisotopic (exact) mass is 72.0 g/mol. The first-order valence-electron chi connectivity index (χ1n) is 0.825. The van der Waals surface area contributed by atoms with Gasteiger partial charge in [-0.1, -0.05) is 0 Å². The first-order chi connectivity index (χ1) is 2.00. The molecule has 1 aromatic heterocycles. The maximum absolute atomic E-state index is 4.28. The van der Waals surface area contributed by atoms with Gasteiger partial charge in [-0.05, 0) is 0 Å². The lowest BCUT2D eigenvalue weighted by molar-refractivity contribution is 0.673. The van der Waals surface area contributed by atoms with Gasteiger partial charge in [0.25, 0.3) is 0 Å². The summed E-state index contributed by atoms with van der Waals surface area (Å²) >= 11 is 1.18. The highest BCUT2D eigenvalue weighted by atomic mass is 32.1. The maximum atomic E-state index is 4.28. The minimum atomic E-state index is 1.18. The average molecular weight is 72.1 g/mol. The fraction of sp³-hybridized carbons (Fsp3) is 0. The molecule has 0 saturated carbocycles. The summed E-state index contributed by atoms with van der Waals surface area (Å²) < 4.78 is 4.28. The van der Waals surface area contributed by atoms with Gasteiger partial charge in [0.2, 0.25) is 0 Å². The molecular weight excluding hydrogens is 72.1 g/mol. The Labute approximate surface area is 28.1 Å². The van der Waals surface area contributed by atoms with Crippen molar-refractivity contribution >= 4 is 11.6 Å². The summed E-state index contributed by atoms with van der Waals surface area (Å²) in [5, 5.41) is 2.56. The second kappa shape index (κ2) is 0.503. The van der Waals surface area contributed by atoms with E-state index >= 15 is 0 Å². The van der Waals surface area contributed by atoms with Crippen LogP contribution in [0.1, 0.15) is 0 Å². The van der Waals surface area contributed by atoms with Crippen LogP contribution in [0.15, 0.2) is 3.85 Å². The Kier molecular flexibility index (Phi) is 0.234. The molecule has 2 heteroatoms. The van der Waals surface area contributed by atoms with Crippen LogP contribution in [0.4, 0.5) is 0 Å². The van der Waals surface area contributed by atoms with Crippen molar-refractivity contribution in [2.45, 2.75) is 0 Å². The molecule has 0 bridgehead atoms. The highest BCUT2D eigenvalue weighted by Crippen LogP contribution is 1.81. The topological polar surface area (TPSA) is 13.1 Å². The molecule has 0 unspecified atom stereocenters. The molecule has 0 aromatic carbocycles. The molecular formula is C2OS. The standard InChI is InChI=1S/C2OS/c1-2-4-3-1. The molecule has 0 radical (unpaired) electrons. The molecule has 0 aliphatic carbocycles. The van der Waals surface area contributed by atoms with E-state index in [2.05, 4.69) is 15.5 Å². The first kappa shape index (κ1) is 1.86. The minimum Gasteiger partial charge on any atom is -0.340 e. The van der Waals surface area contributed by atoms with E-state index in [1.807, 2.05) is 0 Å². The highest BCUT2D eigenvalue weighted by Gasteiger charge is 1.53. The fourth-order valence-electron chi connectivity index (χ4n) is 0.0417. The van der Waals surface area contributed by atoms with Gasteiger partial charge in [0, 0.05) is 0 Å². The van der Waals surface area contributed by atoms with Gasteiger partial charge in [-0.2, -0.15) is 0 Å². The molecule has 0 atom stereocenters. The molecule has 0 aliphatic heterocycles. The summed E-state index contributed by atoms with van der Waals surface area (Å²) in [7, 11) is 0. The van der Waals surface area contributed by atoms with E-state index in [0.717, 1.165) is 0 Å². The van der Waals surface area contributed by atoms with Gasteiger partial charge in [0.05, 0.1) is 5.38 Å². The molecule has 0 spiro atoms. The van der Waals surface area contributed by atoms with Crippen molar-refractivity contribution in [3.8, 4) is 0 Å². The summed E-state index contributed by atoms with van der Waals surface area (Å²) in [6.45, 7) is 0. The Morgan fingerprint density at radius 1 is 1.75 bits per heavy atom. The van der Waals surface area contributed by atoms with Crippen molar-refractivity contribution in [1.29, 1.82) is 0 Å². The Bertz CT molecular complexity index is 47.8. The van der Waals surface area contributed by atoms with Crippen molar-refractivity contribution in [3.05, 3.63) is 11.6 Å². The third-order valence-corrected chi connectivity index (χ3v) is 0.500. The van der Waals surface area contributed by atoms with E-state index < -0.39 is 0 Å². The van der Waals surface area contributed by atoms with Crippen LogP contribution >= 0.6 is 11.6 Å². The molecule has 0 saturated heterocycles. The first-order valence-corrected chi connectivity index (χ1v) is 1.57. The summed E-state index contributed by atoms with van der Waals surface area (Å²) in [5.41, 5.74) is 0. The van der Waals surface area contributed by atoms with Crippen molar-refractivity contribution in [1.82, 2.24) is 0 Å². The molecule has 4 heavy (non-hydrogen) atoms. The molecule has 1 heterocycles. The predicted octanol–water partition coefficient (Wildman–Crippen LogP) is 0.941. The second-order valence-corrected chi connectivity index (χ2v) is 0.908. The van der Waals surface area contributed by atoms with Gasteiger partial charge >= 0.3 is 0 Å². The summed E-state index contributed by atoms with van der Waals surface area (Å²) in [5.74, 6) is 0. The summed E-state index contributed by atoms with van der Waals surface area (Å²) in [4.78, 5) is 0. The Hall–Kier alpha value is -0.420. The van der Waals surface area contributed by atoms with Gasteiger partial charge in [-0.15, -0.1) is 0 Å². The number of hydrogen-bond donors (Lipinski definition) is 0. The lowest BCUT2D eigenvalue weighted by atomic mass is 11.3. The SMILES string of the molecule is c1osc#1. The zero-order valence-corrected chi connectivity index (χ0v) is 2.63.